The fourth-order valence-corrected chi connectivity index (χ4v) is 3.61. The van der Waals surface area contributed by atoms with Gasteiger partial charge in [-0.3, -0.25) is 4.79 Å². The van der Waals surface area contributed by atoms with Crippen molar-refractivity contribution in [1.82, 2.24) is 10.0 Å². The van der Waals surface area contributed by atoms with Crippen LogP contribution in [-0.4, -0.2) is 27.5 Å². The molecule has 0 saturated heterocycles. The molecule has 134 valence electrons. The lowest BCUT2D eigenvalue weighted by Gasteiger charge is -2.12. The number of sulfonamides is 1. The van der Waals surface area contributed by atoms with Gasteiger partial charge in [0.1, 0.15) is 5.75 Å². The van der Waals surface area contributed by atoms with Gasteiger partial charge in [0.25, 0.3) is 5.91 Å². The highest BCUT2D eigenvalue weighted by atomic mass is 32.2. The summed E-state index contributed by atoms with van der Waals surface area (Å²) in [5, 5.41) is 2.78. The summed E-state index contributed by atoms with van der Waals surface area (Å²) in [6.07, 6.45) is 0. The van der Waals surface area contributed by atoms with Crippen LogP contribution in [-0.2, 0) is 16.6 Å². The summed E-state index contributed by atoms with van der Waals surface area (Å²) in [7, 11) is -2.08. The number of benzene rings is 2. The van der Waals surface area contributed by atoms with Crippen molar-refractivity contribution >= 4 is 15.9 Å². The van der Waals surface area contributed by atoms with E-state index in [1.54, 1.807) is 33.1 Å². The molecule has 0 aliphatic rings. The molecule has 0 radical (unpaired) electrons. The van der Waals surface area contributed by atoms with Crippen LogP contribution < -0.4 is 14.8 Å². The Morgan fingerprint density at radius 1 is 1.12 bits per heavy atom. The fourth-order valence-electron chi connectivity index (χ4n) is 2.31. The molecule has 1 amide bonds. The highest BCUT2D eigenvalue weighted by molar-refractivity contribution is 7.89. The zero-order chi connectivity index (χ0) is 18.4. The highest BCUT2D eigenvalue weighted by Gasteiger charge is 2.17. The molecule has 0 spiro atoms. The van der Waals surface area contributed by atoms with Gasteiger partial charge in [-0.2, -0.15) is 0 Å². The molecule has 0 atom stereocenters. The van der Waals surface area contributed by atoms with Gasteiger partial charge < -0.3 is 10.1 Å². The highest BCUT2D eigenvalue weighted by Crippen LogP contribution is 2.17. The molecule has 0 aliphatic heterocycles. The normalized spacial score (nSPS) is 11.4. The van der Waals surface area contributed by atoms with Crippen LogP contribution in [0.5, 0.6) is 5.75 Å². The van der Waals surface area contributed by atoms with Gasteiger partial charge in [-0.1, -0.05) is 24.3 Å². The van der Waals surface area contributed by atoms with Crippen molar-refractivity contribution in [1.29, 1.82) is 0 Å². The van der Waals surface area contributed by atoms with E-state index in [2.05, 4.69) is 10.0 Å². The third-order valence-electron chi connectivity index (χ3n) is 3.43. The molecule has 2 aromatic carbocycles. The number of nitrogens with one attached hydrogen (secondary N) is 2. The van der Waals surface area contributed by atoms with E-state index >= 15 is 0 Å². The lowest BCUT2D eigenvalue weighted by molar-refractivity contribution is 0.0950. The maximum Gasteiger partial charge on any atom is 0.251 e. The van der Waals surface area contributed by atoms with Crippen LogP contribution in [0.3, 0.4) is 0 Å². The largest absolute Gasteiger partial charge is 0.496 e. The topological polar surface area (TPSA) is 84.5 Å². The number of carbonyl (C=O) groups excluding carboxylic acids is 1. The molecule has 2 aromatic rings. The number of hydrogen-bond acceptors (Lipinski definition) is 4. The number of para-hydroxylation sites is 1. The molecule has 0 bridgehead atoms. The number of methoxy groups -OCH3 is 1. The molecular weight excluding hydrogens is 340 g/mol. The second kappa shape index (κ2) is 8.13. The fraction of sp³-hybridized carbons (Fsp3) is 0.278. The Bertz CT molecular complexity index is 848. The molecule has 6 nitrogen and oxygen atoms in total. The summed E-state index contributed by atoms with van der Waals surface area (Å²) in [5.41, 5.74) is 1.12. The van der Waals surface area contributed by atoms with Gasteiger partial charge in [-0.25, -0.2) is 13.1 Å². The summed E-state index contributed by atoms with van der Waals surface area (Å²) in [4.78, 5) is 12.4. The zero-order valence-electron chi connectivity index (χ0n) is 14.4. The van der Waals surface area contributed by atoms with Crippen molar-refractivity contribution < 1.29 is 17.9 Å². The lowest BCUT2D eigenvalue weighted by Crippen LogP contribution is -2.30. The number of ether oxygens (including phenoxy) is 1. The van der Waals surface area contributed by atoms with Crippen LogP contribution in [0.15, 0.2) is 53.4 Å². The molecular formula is C18H22N2O4S. The van der Waals surface area contributed by atoms with Gasteiger partial charge in [-0.15, -0.1) is 0 Å². The van der Waals surface area contributed by atoms with Crippen LogP contribution in [0.4, 0.5) is 0 Å². The molecule has 7 heteroatoms. The molecule has 2 rings (SSSR count). The second-order valence-electron chi connectivity index (χ2n) is 5.80. The van der Waals surface area contributed by atoms with Gasteiger partial charge in [0.15, 0.2) is 0 Å². The van der Waals surface area contributed by atoms with Crippen LogP contribution in [0.2, 0.25) is 0 Å². The molecule has 0 aliphatic carbocycles. The Labute approximate surface area is 148 Å². The number of hydrogen-bond donors (Lipinski definition) is 2. The Hall–Kier alpha value is -2.38. The Morgan fingerprint density at radius 2 is 1.84 bits per heavy atom. The van der Waals surface area contributed by atoms with Crippen molar-refractivity contribution in [2.45, 2.75) is 31.3 Å². The van der Waals surface area contributed by atoms with E-state index in [-0.39, 0.29) is 29.0 Å². The van der Waals surface area contributed by atoms with E-state index in [1.807, 2.05) is 24.3 Å². The maximum absolute atomic E-state index is 12.4. The van der Waals surface area contributed by atoms with E-state index < -0.39 is 10.0 Å². The van der Waals surface area contributed by atoms with Crippen molar-refractivity contribution in [3.63, 3.8) is 0 Å². The summed E-state index contributed by atoms with van der Waals surface area (Å²) in [6.45, 7) is 3.76. The first-order valence-corrected chi connectivity index (χ1v) is 9.34. The van der Waals surface area contributed by atoms with Crippen molar-refractivity contribution in [2.75, 3.05) is 7.11 Å². The Morgan fingerprint density at radius 3 is 2.52 bits per heavy atom. The molecule has 0 heterocycles. The molecule has 0 saturated carbocycles. The Balaban J connectivity index is 2.14. The van der Waals surface area contributed by atoms with Gasteiger partial charge in [0.2, 0.25) is 10.0 Å². The SMILES string of the molecule is COc1ccccc1CNC(=O)c1cccc(S(=O)(=O)NC(C)C)c1. The minimum Gasteiger partial charge on any atom is -0.496 e. The standard InChI is InChI=1S/C18H22N2O4S/c1-13(2)20-25(22,23)16-9-6-8-14(11-16)18(21)19-12-15-7-4-5-10-17(15)24-3/h4-11,13,20H,12H2,1-3H3,(H,19,21). The summed E-state index contributed by atoms with van der Waals surface area (Å²) >= 11 is 0. The maximum atomic E-state index is 12.4. The summed E-state index contributed by atoms with van der Waals surface area (Å²) < 4.78 is 32.2. The minimum absolute atomic E-state index is 0.0612. The second-order valence-corrected chi connectivity index (χ2v) is 7.51. The molecule has 0 fully saturated rings. The third-order valence-corrected chi connectivity index (χ3v) is 5.09. The summed E-state index contributed by atoms with van der Waals surface area (Å²) in [6, 6.07) is 13.1. The van der Waals surface area contributed by atoms with Crippen molar-refractivity contribution in [3.05, 3.63) is 59.7 Å². The van der Waals surface area contributed by atoms with E-state index in [1.165, 1.54) is 12.1 Å². The van der Waals surface area contributed by atoms with Crippen LogP contribution in [0.25, 0.3) is 0 Å². The third kappa shape index (κ3) is 5.04. The monoisotopic (exact) mass is 362 g/mol. The van der Waals surface area contributed by atoms with Crippen molar-refractivity contribution in [3.8, 4) is 5.75 Å². The number of carbonyl (C=O) groups is 1. The average molecular weight is 362 g/mol. The quantitative estimate of drug-likeness (QED) is 0.792. The zero-order valence-corrected chi connectivity index (χ0v) is 15.3. The smallest absolute Gasteiger partial charge is 0.251 e. The van der Waals surface area contributed by atoms with Crippen LogP contribution in [0, 0.1) is 0 Å². The first kappa shape index (κ1) is 19.0. The van der Waals surface area contributed by atoms with Gasteiger partial charge in [0.05, 0.1) is 12.0 Å². The number of rotatable bonds is 7. The van der Waals surface area contributed by atoms with Crippen molar-refractivity contribution in [2.24, 2.45) is 0 Å². The van der Waals surface area contributed by atoms with Crippen LogP contribution in [0.1, 0.15) is 29.8 Å². The predicted octanol–water partition coefficient (Wildman–Crippen LogP) is 2.31. The predicted molar refractivity (Wildman–Crippen MR) is 96.1 cm³/mol. The van der Waals surface area contributed by atoms with E-state index in [0.29, 0.717) is 5.75 Å². The van der Waals surface area contributed by atoms with E-state index in [0.717, 1.165) is 5.56 Å². The Kier molecular flexibility index (Phi) is 6.17. The first-order valence-electron chi connectivity index (χ1n) is 7.86. The minimum atomic E-state index is -3.64. The van der Waals surface area contributed by atoms with E-state index in [9.17, 15) is 13.2 Å². The van der Waals surface area contributed by atoms with Gasteiger partial charge in [-0.05, 0) is 38.1 Å². The molecule has 2 N–H and O–H groups in total. The number of amides is 1. The lowest BCUT2D eigenvalue weighted by atomic mass is 10.2. The molecule has 0 unspecified atom stereocenters. The van der Waals surface area contributed by atoms with Crippen LogP contribution >= 0.6 is 0 Å². The first-order chi connectivity index (χ1) is 11.8. The summed E-state index contributed by atoms with van der Waals surface area (Å²) in [5.74, 6) is 0.327. The van der Waals surface area contributed by atoms with Gasteiger partial charge in [0, 0.05) is 23.7 Å². The van der Waals surface area contributed by atoms with Gasteiger partial charge >= 0.3 is 0 Å². The average Bonchev–Trinajstić information content (AvgIpc) is 2.59. The van der Waals surface area contributed by atoms with E-state index in [4.69, 9.17) is 4.74 Å². The molecule has 0 aromatic heterocycles. The molecule has 25 heavy (non-hydrogen) atoms.